The van der Waals surface area contributed by atoms with Crippen molar-refractivity contribution in [2.75, 3.05) is 9.80 Å². The van der Waals surface area contributed by atoms with E-state index in [1.54, 1.807) is 0 Å². The third-order valence-electron chi connectivity index (χ3n) is 6.62. The predicted octanol–water partition coefficient (Wildman–Crippen LogP) is 7.19. The van der Waals surface area contributed by atoms with Crippen LogP contribution in [0, 0.1) is 41.5 Å². The van der Waals surface area contributed by atoms with Crippen LogP contribution in [0.25, 0.3) is 0 Å². The molecule has 1 saturated heterocycles. The zero-order valence-electron chi connectivity index (χ0n) is 18.8. The molecule has 4 rings (SSSR count). The summed E-state index contributed by atoms with van der Waals surface area (Å²) in [7, 11) is 13.8. The van der Waals surface area contributed by atoms with Gasteiger partial charge in [0, 0.05) is 0 Å². The number of benzene rings is 2. The molecule has 30 heavy (non-hydrogen) atoms. The number of hydrogen-bond donors (Lipinski definition) is 0. The molecule has 2 atom stereocenters. The van der Waals surface area contributed by atoms with E-state index in [0.717, 1.165) is 0 Å². The Labute approximate surface area is 194 Å². The summed E-state index contributed by atoms with van der Waals surface area (Å²) in [5.74, 6) is 0. The van der Waals surface area contributed by atoms with Gasteiger partial charge in [-0.25, -0.2) is 0 Å². The van der Waals surface area contributed by atoms with E-state index >= 15 is 0 Å². The fraction of sp³-hybridized carbons (Fsp3) is 0.480. The molecule has 0 N–H and O–H groups in total. The van der Waals surface area contributed by atoms with Gasteiger partial charge >= 0.3 is 195 Å². The summed E-state index contributed by atoms with van der Waals surface area (Å²) in [4.78, 5) is 5.12. The Hall–Kier alpha value is -0.887. The van der Waals surface area contributed by atoms with Crippen molar-refractivity contribution in [3.8, 4) is 0 Å². The van der Waals surface area contributed by atoms with Crippen LogP contribution in [0.2, 0.25) is 0 Å². The molecule has 0 amide bonds. The van der Waals surface area contributed by atoms with Gasteiger partial charge in [0.05, 0.1) is 0 Å². The molecule has 0 aromatic heterocycles. The molecule has 2 aromatic rings. The van der Waals surface area contributed by atoms with Crippen LogP contribution in [-0.4, -0.2) is 16.4 Å². The minimum absolute atomic E-state index is 0.433. The van der Waals surface area contributed by atoms with Crippen molar-refractivity contribution < 1.29 is 13.5 Å². The van der Waals surface area contributed by atoms with Crippen molar-refractivity contribution >= 4 is 35.1 Å². The fourth-order valence-corrected chi connectivity index (χ4v) is 8.94. The first kappa shape index (κ1) is 22.3. The Morgan fingerprint density at radius 2 is 1.00 bits per heavy atom. The SMILES string of the molecule is Cc1cc(C)c(N2[C](=[Ru]([Cl])[Cl])N(c3c(C)cc(C)cc3C)C3CCCCC32)c(C)c1. The quantitative estimate of drug-likeness (QED) is 0.378. The van der Waals surface area contributed by atoms with E-state index in [1.807, 2.05) is 0 Å². The van der Waals surface area contributed by atoms with E-state index in [4.69, 9.17) is 19.4 Å². The van der Waals surface area contributed by atoms with E-state index in [1.165, 1.54) is 74.8 Å². The summed E-state index contributed by atoms with van der Waals surface area (Å²) < 4.78 is 1.17. The third kappa shape index (κ3) is 3.76. The Bertz CT molecular complexity index is 904. The fourth-order valence-electron chi connectivity index (χ4n) is 5.82. The topological polar surface area (TPSA) is 6.48 Å². The average Bonchev–Trinajstić information content (AvgIpc) is 2.95. The summed E-state index contributed by atoms with van der Waals surface area (Å²) in [6.45, 7) is 13.3. The first-order chi connectivity index (χ1) is 14.2. The van der Waals surface area contributed by atoms with Crippen LogP contribution in [-0.2, 0) is 13.5 Å². The van der Waals surface area contributed by atoms with Crippen molar-refractivity contribution in [2.24, 2.45) is 0 Å². The minimum atomic E-state index is -2.20. The number of anilines is 2. The van der Waals surface area contributed by atoms with Crippen LogP contribution in [0.4, 0.5) is 11.4 Å². The standard InChI is InChI=1S/C25H32N2.2ClH.Ru/c1-16-11-18(3)24(19(4)12-16)26-15-27(23-10-8-7-9-22(23)26)25-20(5)13-17(2)14-21(25)6;;;/h11-14,22-23H,7-10H2,1-6H3;2*1H;/q;;;+2/p-2. The second-order valence-corrected chi connectivity index (χ2v) is 14.8. The number of aryl methyl sites for hydroxylation is 6. The molecule has 2 nitrogen and oxygen atoms in total. The van der Waals surface area contributed by atoms with Crippen molar-refractivity contribution in [3.63, 3.8) is 0 Å². The summed E-state index contributed by atoms with van der Waals surface area (Å²) in [6.07, 6.45) is 4.92. The Morgan fingerprint density at radius 3 is 1.30 bits per heavy atom. The molecule has 2 aromatic carbocycles. The molecule has 1 aliphatic carbocycles. The molecular weight excluding hydrogens is 500 g/mol. The number of fused-ring (bicyclic) bond motifs is 1. The van der Waals surface area contributed by atoms with E-state index in [-0.39, 0.29) is 0 Å². The third-order valence-corrected chi connectivity index (χ3v) is 9.45. The Morgan fingerprint density at radius 1 is 0.667 bits per heavy atom. The van der Waals surface area contributed by atoms with Gasteiger partial charge in [0.1, 0.15) is 0 Å². The molecule has 0 radical (unpaired) electrons. The summed E-state index contributed by atoms with van der Waals surface area (Å²) in [5.41, 5.74) is 10.5. The predicted molar refractivity (Wildman–Crippen MR) is 129 cm³/mol. The summed E-state index contributed by atoms with van der Waals surface area (Å²) in [6, 6.07) is 10.0. The molecule has 1 saturated carbocycles. The van der Waals surface area contributed by atoms with Crippen LogP contribution in [0.5, 0.6) is 0 Å². The second-order valence-electron chi connectivity index (χ2n) is 9.10. The number of rotatable bonds is 2. The van der Waals surface area contributed by atoms with Gasteiger partial charge in [0.15, 0.2) is 0 Å². The van der Waals surface area contributed by atoms with Gasteiger partial charge in [0.25, 0.3) is 0 Å². The maximum absolute atomic E-state index is 6.90. The molecule has 2 aliphatic rings. The molecular formula is C25H32Cl2N2Ru. The number of nitrogens with zero attached hydrogens (tertiary/aromatic N) is 2. The van der Waals surface area contributed by atoms with Crippen molar-refractivity contribution in [1.82, 2.24) is 0 Å². The van der Waals surface area contributed by atoms with Crippen LogP contribution < -0.4 is 9.80 Å². The van der Waals surface area contributed by atoms with Gasteiger partial charge in [-0.2, -0.15) is 0 Å². The Balaban J connectivity index is 1.97. The van der Waals surface area contributed by atoms with Crippen molar-refractivity contribution in [2.45, 2.75) is 79.3 Å². The first-order valence-electron chi connectivity index (χ1n) is 10.8. The van der Waals surface area contributed by atoms with Crippen molar-refractivity contribution in [1.29, 1.82) is 0 Å². The molecule has 5 heteroatoms. The van der Waals surface area contributed by atoms with Gasteiger partial charge in [-0.1, -0.05) is 0 Å². The van der Waals surface area contributed by atoms with Crippen LogP contribution in [0.3, 0.4) is 0 Å². The van der Waals surface area contributed by atoms with Crippen LogP contribution in [0.15, 0.2) is 24.3 Å². The van der Waals surface area contributed by atoms with Crippen molar-refractivity contribution in [3.05, 3.63) is 57.6 Å². The molecule has 0 spiro atoms. The van der Waals surface area contributed by atoms with E-state index in [0.29, 0.717) is 12.1 Å². The molecule has 2 fully saturated rings. The maximum atomic E-state index is 6.90. The molecule has 1 aliphatic heterocycles. The zero-order chi connectivity index (χ0) is 21.7. The zero-order valence-corrected chi connectivity index (χ0v) is 22.0. The average molecular weight is 533 g/mol. The monoisotopic (exact) mass is 532 g/mol. The normalized spacial score (nSPS) is 21.9. The van der Waals surface area contributed by atoms with E-state index in [9.17, 15) is 0 Å². The van der Waals surface area contributed by atoms with Gasteiger partial charge in [-0.05, 0) is 0 Å². The Kier molecular flexibility index (Phi) is 6.37. The van der Waals surface area contributed by atoms with E-state index in [2.05, 4.69) is 75.6 Å². The molecule has 0 bridgehead atoms. The van der Waals surface area contributed by atoms with Gasteiger partial charge < -0.3 is 0 Å². The number of hydrogen-bond acceptors (Lipinski definition) is 2. The molecule has 2 unspecified atom stereocenters. The summed E-state index contributed by atoms with van der Waals surface area (Å²) in [5, 5.41) is 0. The van der Waals surface area contributed by atoms with E-state index < -0.39 is 13.5 Å². The molecule has 164 valence electrons. The first-order valence-corrected chi connectivity index (χ1v) is 16.2. The van der Waals surface area contributed by atoms with Crippen LogP contribution >= 0.6 is 19.4 Å². The number of halogens is 2. The van der Waals surface area contributed by atoms with Gasteiger partial charge in [-0.3, -0.25) is 0 Å². The van der Waals surface area contributed by atoms with Gasteiger partial charge in [-0.15, -0.1) is 0 Å². The molecule has 1 heterocycles. The van der Waals surface area contributed by atoms with Crippen LogP contribution in [0.1, 0.15) is 59.1 Å². The van der Waals surface area contributed by atoms with Gasteiger partial charge in [0.2, 0.25) is 0 Å². The second kappa shape index (κ2) is 8.57. The summed E-state index contributed by atoms with van der Waals surface area (Å²) >= 11 is -2.20.